The van der Waals surface area contributed by atoms with E-state index < -0.39 is 40.9 Å². The van der Waals surface area contributed by atoms with Crippen LogP contribution in [0, 0.1) is 0 Å². The molecule has 0 aliphatic rings. The standard InChI is InChI=1S/C19H11F9N2/c1-30(12-5-2-10(3-6-12)17(20,21)22)15-9-16(19(26,27)28)29-14-8-11(18(23,24)25)4-7-13(14)15/h2-9H,1H3. The third-order valence-corrected chi connectivity index (χ3v) is 4.35. The molecular formula is C19H11F9N2. The summed E-state index contributed by atoms with van der Waals surface area (Å²) >= 11 is 0. The second-order valence-corrected chi connectivity index (χ2v) is 6.36. The fourth-order valence-electron chi connectivity index (χ4n) is 2.82. The van der Waals surface area contributed by atoms with Crippen LogP contribution in [0.2, 0.25) is 0 Å². The van der Waals surface area contributed by atoms with Gasteiger partial charge >= 0.3 is 18.5 Å². The fraction of sp³-hybridized carbons (Fsp3) is 0.211. The van der Waals surface area contributed by atoms with Gasteiger partial charge in [0.15, 0.2) is 0 Å². The van der Waals surface area contributed by atoms with Crippen LogP contribution in [-0.4, -0.2) is 12.0 Å². The molecule has 3 aromatic rings. The van der Waals surface area contributed by atoms with Crippen LogP contribution < -0.4 is 4.90 Å². The molecule has 0 atom stereocenters. The van der Waals surface area contributed by atoms with Crippen LogP contribution in [0.25, 0.3) is 10.9 Å². The number of nitrogens with zero attached hydrogens (tertiary/aromatic N) is 2. The van der Waals surface area contributed by atoms with Gasteiger partial charge in [-0.2, -0.15) is 39.5 Å². The van der Waals surface area contributed by atoms with Crippen LogP contribution in [0.1, 0.15) is 16.8 Å². The van der Waals surface area contributed by atoms with Gasteiger partial charge in [-0.1, -0.05) is 6.07 Å². The Bertz CT molecular complexity index is 1060. The molecule has 2 aromatic carbocycles. The third kappa shape index (κ3) is 4.29. The average Bonchev–Trinajstić information content (AvgIpc) is 2.64. The lowest BCUT2D eigenvalue weighted by Gasteiger charge is -2.23. The molecule has 0 saturated carbocycles. The van der Waals surface area contributed by atoms with Crippen molar-refractivity contribution in [3.63, 3.8) is 0 Å². The largest absolute Gasteiger partial charge is 0.433 e. The van der Waals surface area contributed by atoms with E-state index in [4.69, 9.17) is 0 Å². The minimum atomic E-state index is -4.95. The normalized spacial score (nSPS) is 13.0. The average molecular weight is 438 g/mol. The Morgan fingerprint density at radius 3 is 1.70 bits per heavy atom. The van der Waals surface area contributed by atoms with Gasteiger partial charge in [0.2, 0.25) is 0 Å². The van der Waals surface area contributed by atoms with Crippen molar-refractivity contribution in [2.24, 2.45) is 0 Å². The molecule has 0 unspecified atom stereocenters. The number of benzene rings is 2. The van der Waals surface area contributed by atoms with Crippen molar-refractivity contribution >= 4 is 22.3 Å². The molecule has 3 rings (SSSR count). The Balaban J connectivity index is 2.18. The smallest absolute Gasteiger partial charge is 0.344 e. The molecular weight excluding hydrogens is 427 g/mol. The van der Waals surface area contributed by atoms with Gasteiger partial charge in [0, 0.05) is 18.1 Å². The zero-order valence-corrected chi connectivity index (χ0v) is 14.9. The first-order chi connectivity index (χ1) is 13.7. The van der Waals surface area contributed by atoms with E-state index in [0.29, 0.717) is 18.2 Å². The molecule has 1 aromatic heterocycles. The number of rotatable bonds is 2. The van der Waals surface area contributed by atoms with E-state index in [1.807, 2.05) is 0 Å². The van der Waals surface area contributed by atoms with E-state index in [1.165, 1.54) is 7.05 Å². The first-order valence-corrected chi connectivity index (χ1v) is 8.18. The van der Waals surface area contributed by atoms with Crippen LogP contribution in [0.3, 0.4) is 0 Å². The molecule has 160 valence electrons. The molecule has 2 nitrogen and oxygen atoms in total. The summed E-state index contributed by atoms with van der Waals surface area (Å²) in [5.41, 5.74) is -4.17. The number of alkyl halides is 9. The molecule has 30 heavy (non-hydrogen) atoms. The van der Waals surface area contributed by atoms with Crippen LogP contribution in [0.15, 0.2) is 48.5 Å². The second kappa shape index (κ2) is 7.06. The third-order valence-electron chi connectivity index (χ3n) is 4.35. The van der Waals surface area contributed by atoms with Crippen LogP contribution in [0.4, 0.5) is 50.9 Å². The summed E-state index contributed by atoms with van der Waals surface area (Å²) in [6, 6.07) is 6.40. The molecule has 0 amide bonds. The van der Waals surface area contributed by atoms with E-state index >= 15 is 0 Å². The van der Waals surface area contributed by atoms with Gasteiger partial charge in [-0.25, -0.2) is 4.98 Å². The minimum Gasteiger partial charge on any atom is -0.344 e. The molecule has 0 aliphatic carbocycles. The monoisotopic (exact) mass is 438 g/mol. The Morgan fingerprint density at radius 1 is 0.667 bits per heavy atom. The lowest BCUT2D eigenvalue weighted by Crippen LogP contribution is -2.15. The summed E-state index contributed by atoms with van der Waals surface area (Å²) in [5, 5.41) is -0.0293. The molecule has 0 aliphatic heterocycles. The Kier molecular flexibility index (Phi) is 5.11. The molecule has 0 saturated heterocycles. The van der Waals surface area contributed by atoms with Crippen LogP contribution >= 0.6 is 0 Å². The van der Waals surface area contributed by atoms with Crippen molar-refractivity contribution < 1.29 is 39.5 Å². The zero-order valence-electron chi connectivity index (χ0n) is 14.9. The quantitative estimate of drug-likeness (QED) is 0.398. The maximum atomic E-state index is 13.3. The summed E-state index contributed by atoms with van der Waals surface area (Å²) in [6.45, 7) is 0. The molecule has 0 radical (unpaired) electrons. The SMILES string of the molecule is CN(c1ccc(C(F)(F)F)cc1)c1cc(C(F)(F)F)nc2cc(C(F)(F)F)ccc12. The second-order valence-electron chi connectivity index (χ2n) is 6.36. The first kappa shape index (κ1) is 21.7. The summed E-state index contributed by atoms with van der Waals surface area (Å²) in [4.78, 5) is 4.45. The summed E-state index contributed by atoms with van der Waals surface area (Å²) in [7, 11) is 1.29. The van der Waals surface area contributed by atoms with Gasteiger partial charge in [0.25, 0.3) is 0 Å². The molecule has 11 heteroatoms. The number of hydrogen-bond acceptors (Lipinski definition) is 2. The highest BCUT2D eigenvalue weighted by atomic mass is 19.4. The van der Waals surface area contributed by atoms with Crippen molar-refractivity contribution in [2.45, 2.75) is 18.5 Å². The number of halogens is 9. The minimum absolute atomic E-state index is 0.0293. The summed E-state index contributed by atoms with van der Waals surface area (Å²) in [6.07, 6.45) is -14.3. The van der Waals surface area contributed by atoms with Gasteiger partial charge in [0.05, 0.1) is 22.3 Å². The molecule has 0 N–H and O–H groups in total. The molecule has 0 spiro atoms. The Morgan fingerprint density at radius 2 is 1.20 bits per heavy atom. The molecule has 0 fully saturated rings. The molecule has 0 bridgehead atoms. The maximum absolute atomic E-state index is 13.3. The van der Waals surface area contributed by atoms with Crippen LogP contribution in [0.5, 0.6) is 0 Å². The number of anilines is 2. The van der Waals surface area contributed by atoms with Gasteiger partial charge in [-0.15, -0.1) is 0 Å². The van der Waals surface area contributed by atoms with E-state index in [0.717, 1.165) is 35.2 Å². The predicted octanol–water partition coefficient (Wildman–Crippen LogP) is 7.06. The van der Waals surface area contributed by atoms with E-state index in [9.17, 15) is 39.5 Å². The predicted molar refractivity (Wildman–Crippen MR) is 91.3 cm³/mol. The highest BCUT2D eigenvalue weighted by Gasteiger charge is 2.35. The van der Waals surface area contributed by atoms with Gasteiger partial charge in [-0.05, 0) is 42.5 Å². The van der Waals surface area contributed by atoms with Gasteiger partial charge in [0.1, 0.15) is 5.69 Å². The highest BCUT2D eigenvalue weighted by Crippen LogP contribution is 2.39. The van der Waals surface area contributed by atoms with Crippen molar-refractivity contribution in [3.05, 3.63) is 65.4 Å². The zero-order chi connectivity index (χ0) is 22.5. The summed E-state index contributed by atoms with van der Waals surface area (Å²) in [5.74, 6) is 0. The molecule has 1 heterocycles. The Labute approximate surface area is 163 Å². The number of aromatic nitrogens is 1. The van der Waals surface area contributed by atoms with E-state index in [1.54, 1.807) is 0 Å². The highest BCUT2D eigenvalue weighted by molar-refractivity contribution is 5.94. The van der Waals surface area contributed by atoms with Crippen LogP contribution in [-0.2, 0) is 18.5 Å². The van der Waals surface area contributed by atoms with Crippen molar-refractivity contribution in [3.8, 4) is 0 Å². The number of hydrogen-bond donors (Lipinski definition) is 0. The number of fused-ring (bicyclic) bond motifs is 1. The van der Waals surface area contributed by atoms with Gasteiger partial charge < -0.3 is 4.90 Å². The van der Waals surface area contributed by atoms with Crippen molar-refractivity contribution in [2.75, 3.05) is 11.9 Å². The topological polar surface area (TPSA) is 16.1 Å². The Hall–Kier alpha value is -2.98. The lowest BCUT2D eigenvalue weighted by molar-refractivity contribution is -0.141. The van der Waals surface area contributed by atoms with Gasteiger partial charge in [-0.3, -0.25) is 0 Å². The van der Waals surface area contributed by atoms with Crippen molar-refractivity contribution in [1.82, 2.24) is 4.98 Å². The van der Waals surface area contributed by atoms with Crippen molar-refractivity contribution in [1.29, 1.82) is 0 Å². The van der Waals surface area contributed by atoms with E-state index in [2.05, 4.69) is 4.98 Å². The summed E-state index contributed by atoms with van der Waals surface area (Å²) < 4.78 is 117. The fourth-order valence-corrected chi connectivity index (χ4v) is 2.82. The lowest BCUT2D eigenvalue weighted by atomic mass is 10.1. The first-order valence-electron chi connectivity index (χ1n) is 8.18. The maximum Gasteiger partial charge on any atom is 0.433 e. The van der Waals surface area contributed by atoms with E-state index in [-0.39, 0.29) is 16.8 Å². The number of pyridine rings is 1.